The first-order valence-electron chi connectivity index (χ1n) is 7.25. The van der Waals surface area contributed by atoms with Gasteiger partial charge in [-0.05, 0) is 38.1 Å². The summed E-state index contributed by atoms with van der Waals surface area (Å²) in [6.45, 7) is 4.35. The number of hydrogen-bond acceptors (Lipinski definition) is 4. The number of sulfonamides is 1. The maximum Gasteiger partial charge on any atom is 0.262 e. The summed E-state index contributed by atoms with van der Waals surface area (Å²) in [7, 11) is -4.01. The summed E-state index contributed by atoms with van der Waals surface area (Å²) in [5, 5.41) is -0.170. The van der Waals surface area contributed by atoms with E-state index in [0.29, 0.717) is 24.7 Å². The topological polar surface area (TPSA) is 64.6 Å². The zero-order valence-corrected chi connectivity index (χ0v) is 14.7. The molecule has 8 heteroatoms. The summed E-state index contributed by atoms with van der Waals surface area (Å²) in [6.07, 6.45) is 0. The molecule has 0 unspecified atom stereocenters. The van der Waals surface area contributed by atoms with E-state index >= 15 is 0 Å². The third-order valence-electron chi connectivity index (χ3n) is 3.02. The van der Waals surface area contributed by atoms with Crippen LogP contribution in [0, 0.1) is 5.82 Å². The molecule has 2 aromatic carbocycles. The van der Waals surface area contributed by atoms with Gasteiger partial charge in [0.25, 0.3) is 10.0 Å². The molecule has 2 aromatic rings. The summed E-state index contributed by atoms with van der Waals surface area (Å²) >= 11 is 5.66. The van der Waals surface area contributed by atoms with Crippen molar-refractivity contribution in [3.8, 4) is 11.5 Å². The van der Waals surface area contributed by atoms with E-state index < -0.39 is 15.8 Å². The minimum absolute atomic E-state index is 0.0752. The van der Waals surface area contributed by atoms with Gasteiger partial charge < -0.3 is 9.47 Å². The Morgan fingerprint density at radius 3 is 2.42 bits per heavy atom. The number of benzene rings is 2. The molecule has 0 aliphatic carbocycles. The van der Waals surface area contributed by atoms with Crippen molar-refractivity contribution < 1.29 is 22.3 Å². The van der Waals surface area contributed by atoms with E-state index in [0.717, 1.165) is 0 Å². The fourth-order valence-electron chi connectivity index (χ4n) is 1.98. The fourth-order valence-corrected chi connectivity index (χ4v) is 3.23. The molecule has 2 rings (SSSR count). The van der Waals surface area contributed by atoms with E-state index in [-0.39, 0.29) is 15.6 Å². The van der Waals surface area contributed by atoms with Gasteiger partial charge in [-0.3, -0.25) is 4.72 Å². The van der Waals surface area contributed by atoms with Gasteiger partial charge in [0.05, 0.1) is 28.8 Å². The largest absolute Gasteiger partial charge is 0.490 e. The molecule has 0 aliphatic heterocycles. The zero-order chi connectivity index (χ0) is 17.7. The number of nitrogens with one attached hydrogen (secondary N) is 1. The van der Waals surface area contributed by atoms with Crippen LogP contribution in [0.2, 0.25) is 5.02 Å². The molecule has 0 aromatic heterocycles. The van der Waals surface area contributed by atoms with E-state index in [9.17, 15) is 12.8 Å². The van der Waals surface area contributed by atoms with Crippen LogP contribution >= 0.6 is 11.6 Å². The van der Waals surface area contributed by atoms with Gasteiger partial charge in [0, 0.05) is 6.07 Å². The van der Waals surface area contributed by atoms with Crippen LogP contribution in [0.15, 0.2) is 41.3 Å². The van der Waals surface area contributed by atoms with Gasteiger partial charge in [-0.15, -0.1) is 0 Å². The highest BCUT2D eigenvalue weighted by molar-refractivity contribution is 7.92. The summed E-state index contributed by atoms with van der Waals surface area (Å²) < 4.78 is 51.8. The fraction of sp³-hybridized carbons (Fsp3) is 0.250. The maximum atomic E-state index is 13.9. The van der Waals surface area contributed by atoms with Crippen molar-refractivity contribution in [3.05, 3.63) is 47.2 Å². The van der Waals surface area contributed by atoms with Crippen LogP contribution in [0.3, 0.4) is 0 Å². The first-order valence-corrected chi connectivity index (χ1v) is 9.11. The van der Waals surface area contributed by atoms with E-state index in [1.807, 2.05) is 6.92 Å². The van der Waals surface area contributed by atoms with Gasteiger partial charge in [-0.25, -0.2) is 12.8 Å². The summed E-state index contributed by atoms with van der Waals surface area (Å²) in [5.41, 5.74) is -0.227. The van der Waals surface area contributed by atoms with Gasteiger partial charge >= 0.3 is 0 Å². The van der Waals surface area contributed by atoms with Crippen molar-refractivity contribution in [2.45, 2.75) is 18.7 Å². The lowest BCUT2D eigenvalue weighted by atomic mass is 10.3. The molecule has 24 heavy (non-hydrogen) atoms. The van der Waals surface area contributed by atoms with Crippen LogP contribution < -0.4 is 14.2 Å². The Balaban J connectivity index is 2.38. The van der Waals surface area contributed by atoms with Crippen molar-refractivity contribution in [3.63, 3.8) is 0 Å². The Morgan fingerprint density at radius 1 is 1.08 bits per heavy atom. The lowest BCUT2D eigenvalue weighted by Gasteiger charge is -2.14. The molecular weight excluding hydrogens is 357 g/mol. The Hall–Kier alpha value is -1.99. The van der Waals surface area contributed by atoms with Crippen molar-refractivity contribution in [2.75, 3.05) is 17.9 Å². The minimum Gasteiger partial charge on any atom is -0.490 e. The lowest BCUT2D eigenvalue weighted by Crippen LogP contribution is -2.14. The third-order valence-corrected chi connectivity index (χ3v) is 4.68. The monoisotopic (exact) mass is 373 g/mol. The molecular formula is C16H17ClFNO4S. The van der Waals surface area contributed by atoms with Crippen molar-refractivity contribution in [1.82, 2.24) is 0 Å². The predicted molar refractivity (Wildman–Crippen MR) is 91.0 cm³/mol. The molecule has 130 valence electrons. The highest BCUT2D eigenvalue weighted by atomic mass is 35.5. The molecule has 0 fully saturated rings. The highest BCUT2D eigenvalue weighted by Gasteiger charge is 2.19. The van der Waals surface area contributed by atoms with Crippen LogP contribution in [0.4, 0.5) is 10.1 Å². The highest BCUT2D eigenvalue weighted by Crippen LogP contribution is 2.31. The van der Waals surface area contributed by atoms with Gasteiger partial charge in [0.2, 0.25) is 0 Å². The molecule has 0 spiro atoms. The molecule has 0 saturated heterocycles. The molecule has 0 saturated carbocycles. The SMILES string of the molecule is CCOc1ccc(S(=O)(=O)Nc2cccc(Cl)c2F)cc1OCC. The molecule has 0 atom stereocenters. The van der Waals surface area contributed by atoms with Gasteiger partial charge in [0.15, 0.2) is 17.3 Å². The first-order chi connectivity index (χ1) is 11.4. The Bertz CT molecular complexity index is 827. The number of hydrogen-bond donors (Lipinski definition) is 1. The molecule has 0 radical (unpaired) electrons. The molecule has 0 heterocycles. The van der Waals surface area contributed by atoms with Crippen molar-refractivity contribution >= 4 is 27.3 Å². The maximum absolute atomic E-state index is 13.9. The average molecular weight is 374 g/mol. The van der Waals surface area contributed by atoms with Gasteiger partial charge in [-0.1, -0.05) is 17.7 Å². The van der Waals surface area contributed by atoms with E-state index in [2.05, 4.69) is 4.72 Å². The van der Waals surface area contributed by atoms with E-state index in [1.165, 1.54) is 36.4 Å². The van der Waals surface area contributed by atoms with Crippen LogP contribution in [0.5, 0.6) is 11.5 Å². The van der Waals surface area contributed by atoms with Gasteiger partial charge in [0.1, 0.15) is 0 Å². The number of anilines is 1. The van der Waals surface area contributed by atoms with Crippen molar-refractivity contribution in [1.29, 1.82) is 0 Å². The smallest absolute Gasteiger partial charge is 0.262 e. The van der Waals surface area contributed by atoms with Crippen LogP contribution in [-0.2, 0) is 10.0 Å². The minimum atomic E-state index is -4.01. The van der Waals surface area contributed by atoms with E-state index in [4.69, 9.17) is 21.1 Å². The number of ether oxygens (including phenoxy) is 2. The average Bonchev–Trinajstić information content (AvgIpc) is 2.54. The summed E-state index contributed by atoms with van der Waals surface area (Å²) in [5.74, 6) is -0.0975. The second-order valence-corrected chi connectivity index (χ2v) is 6.77. The first kappa shape index (κ1) is 18.4. The second kappa shape index (κ2) is 7.72. The number of rotatable bonds is 7. The molecule has 0 aliphatic rings. The molecule has 0 amide bonds. The normalized spacial score (nSPS) is 11.2. The molecule has 5 nitrogen and oxygen atoms in total. The zero-order valence-electron chi connectivity index (χ0n) is 13.2. The standard InChI is InChI=1S/C16H17ClFNO4S/c1-3-22-14-9-8-11(10-15(14)23-4-2)24(20,21)19-13-7-5-6-12(17)16(13)18/h5-10,19H,3-4H2,1-2H3. The third kappa shape index (κ3) is 4.10. The van der Waals surface area contributed by atoms with Gasteiger partial charge in [-0.2, -0.15) is 0 Å². The second-order valence-electron chi connectivity index (χ2n) is 4.68. The Kier molecular flexibility index (Phi) is 5.90. The quantitative estimate of drug-likeness (QED) is 0.794. The predicted octanol–water partition coefficient (Wildman–Crippen LogP) is 4.08. The molecule has 1 N–H and O–H groups in total. The van der Waals surface area contributed by atoms with Crippen molar-refractivity contribution in [2.24, 2.45) is 0 Å². The van der Waals surface area contributed by atoms with Crippen LogP contribution in [-0.4, -0.2) is 21.6 Å². The Labute approximate surface area is 145 Å². The van der Waals surface area contributed by atoms with E-state index in [1.54, 1.807) is 6.92 Å². The molecule has 0 bridgehead atoms. The number of halogens is 2. The lowest BCUT2D eigenvalue weighted by molar-refractivity contribution is 0.287. The Morgan fingerprint density at radius 2 is 1.75 bits per heavy atom. The van der Waals surface area contributed by atoms with Crippen LogP contribution in [0.25, 0.3) is 0 Å². The summed E-state index contributed by atoms with van der Waals surface area (Å²) in [4.78, 5) is -0.0752. The summed E-state index contributed by atoms with van der Waals surface area (Å²) in [6, 6.07) is 8.26. The van der Waals surface area contributed by atoms with Crippen LogP contribution in [0.1, 0.15) is 13.8 Å².